The van der Waals surface area contributed by atoms with Gasteiger partial charge in [0, 0.05) is 26.3 Å². The van der Waals surface area contributed by atoms with Gasteiger partial charge in [-0.2, -0.15) is 0 Å². The quantitative estimate of drug-likeness (QED) is 0.710. The number of hydrogen-bond acceptors (Lipinski definition) is 4. The molecular formula is C11H14N4O. The second kappa shape index (κ2) is 3.75. The normalized spacial score (nSPS) is 16.9. The molecule has 2 aromatic heterocycles. The molecule has 2 aromatic rings. The fourth-order valence-electron chi connectivity index (χ4n) is 2.09. The van der Waals surface area contributed by atoms with Crippen molar-refractivity contribution in [3.05, 3.63) is 18.6 Å². The predicted molar refractivity (Wildman–Crippen MR) is 61.5 cm³/mol. The van der Waals surface area contributed by atoms with Crippen LogP contribution in [0.2, 0.25) is 0 Å². The highest BCUT2D eigenvalue weighted by molar-refractivity contribution is 5.87. The number of morpholine rings is 1. The van der Waals surface area contributed by atoms with Gasteiger partial charge in [0.15, 0.2) is 0 Å². The Bertz CT molecular complexity index is 502. The van der Waals surface area contributed by atoms with Crippen LogP contribution >= 0.6 is 0 Å². The molecular weight excluding hydrogens is 204 g/mol. The van der Waals surface area contributed by atoms with Crippen molar-refractivity contribution in [2.45, 2.75) is 0 Å². The molecule has 0 atom stereocenters. The number of ether oxygens (including phenoxy) is 1. The minimum absolute atomic E-state index is 0.776. The van der Waals surface area contributed by atoms with E-state index in [-0.39, 0.29) is 0 Å². The molecule has 1 saturated heterocycles. The number of anilines is 1. The van der Waals surface area contributed by atoms with E-state index in [1.54, 1.807) is 6.33 Å². The van der Waals surface area contributed by atoms with Crippen molar-refractivity contribution in [1.82, 2.24) is 14.5 Å². The summed E-state index contributed by atoms with van der Waals surface area (Å²) in [5.74, 6) is 1.02. The Morgan fingerprint density at radius 1 is 1.25 bits per heavy atom. The molecule has 16 heavy (non-hydrogen) atoms. The van der Waals surface area contributed by atoms with Crippen LogP contribution in [0.1, 0.15) is 0 Å². The first-order chi connectivity index (χ1) is 7.86. The summed E-state index contributed by atoms with van der Waals surface area (Å²) in [6, 6.07) is 2.07. The minimum atomic E-state index is 0.776. The molecule has 1 fully saturated rings. The first-order valence-corrected chi connectivity index (χ1v) is 5.45. The molecule has 0 bridgehead atoms. The summed E-state index contributed by atoms with van der Waals surface area (Å²) in [6.45, 7) is 3.36. The van der Waals surface area contributed by atoms with Crippen molar-refractivity contribution in [3.63, 3.8) is 0 Å². The van der Waals surface area contributed by atoms with E-state index in [4.69, 9.17) is 4.74 Å². The van der Waals surface area contributed by atoms with Gasteiger partial charge in [-0.3, -0.25) is 0 Å². The van der Waals surface area contributed by atoms with E-state index in [1.165, 1.54) is 0 Å². The fourth-order valence-corrected chi connectivity index (χ4v) is 2.09. The molecule has 0 radical (unpaired) electrons. The lowest BCUT2D eigenvalue weighted by molar-refractivity contribution is 0.122. The van der Waals surface area contributed by atoms with Gasteiger partial charge in [0.2, 0.25) is 0 Å². The molecule has 5 heteroatoms. The monoisotopic (exact) mass is 218 g/mol. The number of fused-ring (bicyclic) bond motifs is 1. The highest BCUT2D eigenvalue weighted by Gasteiger charge is 2.16. The zero-order valence-electron chi connectivity index (χ0n) is 9.26. The summed E-state index contributed by atoms with van der Waals surface area (Å²) in [4.78, 5) is 10.9. The SMILES string of the molecule is Cn1ccc2c(N3CCOCC3)ncnc21. The third-order valence-corrected chi connectivity index (χ3v) is 2.95. The number of nitrogens with zero attached hydrogens (tertiary/aromatic N) is 4. The zero-order valence-corrected chi connectivity index (χ0v) is 9.26. The van der Waals surface area contributed by atoms with Crippen molar-refractivity contribution >= 4 is 16.9 Å². The average Bonchev–Trinajstić information content (AvgIpc) is 2.73. The first-order valence-electron chi connectivity index (χ1n) is 5.45. The molecule has 0 N–H and O–H groups in total. The first kappa shape index (κ1) is 9.59. The van der Waals surface area contributed by atoms with Crippen LogP contribution in [0.5, 0.6) is 0 Å². The van der Waals surface area contributed by atoms with Gasteiger partial charge >= 0.3 is 0 Å². The highest BCUT2D eigenvalue weighted by atomic mass is 16.5. The minimum Gasteiger partial charge on any atom is -0.378 e. The lowest BCUT2D eigenvalue weighted by Crippen LogP contribution is -2.36. The van der Waals surface area contributed by atoms with E-state index in [0.29, 0.717) is 0 Å². The molecule has 0 aromatic carbocycles. The third kappa shape index (κ3) is 1.44. The summed E-state index contributed by atoms with van der Waals surface area (Å²) in [5, 5.41) is 1.12. The summed E-state index contributed by atoms with van der Waals surface area (Å²) in [5.41, 5.74) is 0.983. The van der Waals surface area contributed by atoms with E-state index in [9.17, 15) is 0 Å². The Balaban J connectivity index is 2.08. The van der Waals surface area contributed by atoms with E-state index >= 15 is 0 Å². The third-order valence-electron chi connectivity index (χ3n) is 2.95. The number of rotatable bonds is 1. The molecule has 0 unspecified atom stereocenters. The van der Waals surface area contributed by atoms with Crippen molar-refractivity contribution in [2.75, 3.05) is 31.2 Å². The van der Waals surface area contributed by atoms with Gasteiger partial charge in [-0.05, 0) is 6.07 Å². The van der Waals surface area contributed by atoms with Gasteiger partial charge in [-0.25, -0.2) is 9.97 Å². The van der Waals surface area contributed by atoms with Gasteiger partial charge in [-0.15, -0.1) is 0 Å². The van der Waals surface area contributed by atoms with E-state index in [2.05, 4.69) is 20.9 Å². The van der Waals surface area contributed by atoms with Gasteiger partial charge in [0.1, 0.15) is 17.8 Å². The molecule has 3 rings (SSSR count). The van der Waals surface area contributed by atoms with Crippen LogP contribution in [-0.2, 0) is 11.8 Å². The fraction of sp³-hybridized carbons (Fsp3) is 0.455. The largest absolute Gasteiger partial charge is 0.378 e. The Hall–Kier alpha value is -1.62. The summed E-state index contributed by atoms with van der Waals surface area (Å²) < 4.78 is 7.36. The average molecular weight is 218 g/mol. The van der Waals surface area contributed by atoms with Crippen LogP contribution in [0, 0.1) is 0 Å². The molecule has 84 valence electrons. The summed E-state index contributed by atoms with van der Waals surface area (Å²) in [6.07, 6.45) is 3.65. The molecule has 3 heterocycles. The Morgan fingerprint density at radius 3 is 2.88 bits per heavy atom. The van der Waals surface area contributed by atoms with Crippen molar-refractivity contribution < 1.29 is 4.74 Å². The summed E-state index contributed by atoms with van der Waals surface area (Å²) in [7, 11) is 2.00. The van der Waals surface area contributed by atoms with Crippen LogP contribution in [0.3, 0.4) is 0 Å². The summed E-state index contributed by atoms with van der Waals surface area (Å²) >= 11 is 0. The predicted octanol–water partition coefficient (Wildman–Crippen LogP) is 0.805. The number of aryl methyl sites for hydroxylation is 1. The van der Waals surface area contributed by atoms with E-state index < -0.39 is 0 Å². The van der Waals surface area contributed by atoms with Crippen LogP contribution < -0.4 is 4.90 Å². The lowest BCUT2D eigenvalue weighted by Gasteiger charge is -2.28. The van der Waals surface area contributed by atoms with Crippen LogP contribution in [-0.4, -0.2) is 40.8 Å². The lowest BCUT2D eigenvalue weighted by atomic mass is 10.3. The maximum Gasteiger partial charge on any atom is 0.145 e. The maximum atomic E-state index is 5.35. The standard InChI is InChI=1S/C11H14N4O/c1-14-3-2-9-10(14)12-8-13-11(9)15-4-6-16-7-5-15/h2-3,8H,4-7H2,1H3. The molecule has 0 spiro atoms. The maximum absolute atomic E-state index is 5.35. The van der Waals surface area contributed by atoms with Crippen molar-refractivity contribution in [1.29, 1.82) is 0 Å². The molecule has 0 saturated carbocycles. The second-order valence-corrected chi connectivity index (χ2v) is 3.96. The van der Waals surface area contributed by atoms with Gasteiger partial charge in [-0.1, -0.05) is 0 Å². The van der Waals surface area contributed by atoms with E-state index in [1.807, 2.05) is 17.8 Å². The molecule has 0 amide bonds. The molecule has 1 aliphatic rings. The molecule has 5 nitrogen and oxygen atoms in total. The highest BCUT2D eigenvalue weighted by Crippen LogP contribution is 2.23. The van der Waals surface area contributed by atoms with Crippen LogP contribution in [0.25, 0.3) is 11.0 Å². The Kier molecular flexibility index (Phi) is 2.25. The van der Waals surface area contributed by atoms with Crippen LogP contribution in [0.4, 0.5) is 5.82 Å². The zero-order chi connectivity index (χ0) is 11.0. The van der Waals surface area contributed by atoms with Crippen molar-refractivity contribution in [3.8, 4) is 0 Å². The van der Waals surface area contributed by atoms with Gasteiger partial charge in [0.25, 0.3) is 0 Å². The Labute approximate surface area is 93.7 Å². The van der Waals surface area contributed by atoms with Crippen LogP contribution in [0.15, 0.2) is 18.6 Å². The molecule has 1 aliphatic heterocycles. The number of aromatic nitrogens is 3. The molecule has 0 aliphatic carbocycles. The second-order valence-electron chi connectivity index (χ2n) is 3.96. The van der Waals surface area contributed by atoms with Gasteiger partial charge in [0.05, 0.1) is 18.6 Å². The topological polar surface area (TPSA) is 43.2 Å². The van der Waals surface area contributed by atoms with Crippen molar-refractivity contribution in [2.24, 2.45) is 7.05 Å². The number of hydrogen-bond donors (Lipinski definition) is 0. The van der Waals surface area contributed by atoms with E-state index in [0.717, 1.165) is 43.2 Å². The smallest absolute Gasteiger partial charge is 0.145 e. The Morgan fingerprint density at radius 2 is 2.06 bits per heavy atom. The van der Waals surface area contributed by atoms with Gasteiger partial charge < -0.3 is 14.2 Å².